The van der Waals surface area contributed by atoms with Gasteiger partial charge in [0.15, 0.2) is 0 Å². The molecule has 3 heteroatoms. The first-order valence-electron chi connectivity index (χ1n) is 13.8. The van der Waals surface area contributed by atoms with Gasteiger partial charge in [0.1, 0.15) is 11.6 Å². The number of carbonyl (C=O) groups excluding carboxylic acids is 2. The number of unbranched alkanes of at least 4 members (excludes halogenated alkanes) is 14. The average Bonchev–Trinajstić information content (AvgIpc) is 2.74. The minimum Gasteiger partial charge on any atom is -0.392 e. The van der Waals surface area contributed by atoms with Gasteiger partial charge in [0, 0.05) is 25.2 Å². The van der Waals surface area contributed by atoms with Crippen molar-refractivity contribution in [2.24, 2.45) is 5.92 Å². The molecule has 0 saturated heterocycles. The number of hydrogen-bond acceptors (Lipinski definition) is 3. The lowest BCUT2D eigenvalue weighted by Gasteiger charge is -2.22. The van der Waals surface area contributed by atoms with Crippen molar-refractivity contribution in [3.8, 4) is 0 Å². The third kappa shape index (κ3) is 18.6. The Bertz CT molecular complexity index is 418. The lowest BCUT2D eigenvalue weighted by Crippen LogP contribution is -2.30. The second-order valence-electron chi connectivity index (χ2n) is 9.62. The molecule has 184 valence electrons. The zero-order valence-corrected chi connectivity index (χ0v) is 21.3. The number of aliphatic hydroxyl groups is 1. The van der Waals surface area contributed by atoms with Crippen molar-refractivity contribution in [1.29, 1.82) is 0 Å². The number of carbonyl (C=O) groups is 2. The molecule has 0 aromatic rings. The van der Waals surface area contributed by atoms with Gasteiger partial charge in [-0.3, -0.25) is 9.59 Å². The zero-order valence-electron chi connectivity index (χ0n) is 21.3. The van der Waals surface area contributed by atoms with Crippen LogP contribution >= 0.6 is 0 Å². The zero-order chi connectivity index (χ0) is 23.2. The van der Waals surface area contributed by atoms with Crippen LogP contribution in [0.2, 0.25) is 0 Å². The highest BCUT2D eigenvalue weighted by atomic mass is 16.3. The van der Waals surface area contributed by atoms with Gasteiger partial charge in [-0.05, 0) is 19.3 Å². The number of rotatable bonds is 24. The van der Waals surface area contributed by atoms with E-state index >= 15 is 0 Å². The fourth-order valence-corrected chi connectivity index (χ4v) is 4.38. The van der Waals surface area contributed by atoms with Gasteiger partial charge in [-0.15, -0.1) is 0 Å². The van der Waals surface area contributed by atoms with E-state index < -0.39 is 6.10 Å². The first-order chi connectivity index (χ1) is 15.1. The first-order valence-corrected chi connectivity index (χ1v) is 13.8. The second-order valence-corrected chi connectivity index (χ2v) is 9.62. The highest BCUT2D eigenvalue weighted by molar-refractivity contribution is 5.84. The quantitative estimate of drug-likeness (QED) is 0.154. The van der Waals surface area contributed by atoms with Crippen LogP contribution < -0.4 is 0 Å². The average molecular weight is 439 g/mol. The Morgan fingerprint density at radius 2 is 1.00 bits per heavy atom. The van der Waals surface area contributed by atoms with E-state index in [1.807, 2.05) is 0 Å². The van der Waals surface area contributed by atoms with E-state index in [9.17, 15) is 14.7 Å². The van der Waals surface area contributed by atoms with E-state index in [-0.39, 0.29) is 23.9 Å². The van der Waals surface area contributed by atoms with Crippen molar-refractivity contribution in [3.05, 3.63) is 0 Å². The Morgan fingerprint density at radius 3 is 1.52 bits per heavy atom. The van der Waals surface area contributed by atoms with Crippen LogP contribution in [0.25, 0.3) is 0 Å². The van der Waals surface area contributed by atoms with E-state index in [4.69, 9.17) is 0 Å². The predicted molar refractivity (Wildman–Crippen MR) is 133 cm³/mol. The molecule has 3 nitrogen and oxygen atoms in total. The minimum atomic E-state index is -0.786. The lowest BCUT2D eigenvalue weighted by atomic mass is 9.86. The summed E-state index contributed by atoms with van der Waals surface area (Å²) in [4.78, 5) is 24.9. The molecule has 0 fully saturated rings. The fraction of sp³-hybridized carbons (Fsp3) is 0.929. The molecule has 0 spiro atoms. The van der Waals surface area contributed by atoms with E-state index in [1.165, 1.54) is 57.8 Å². The molecular weight excluding hydrogens is 384 g/mol. The molecule has 0 heterocycles. The van der Waals surface area contributed by atoms with Crippen LogP contribution in [0.15, 0.2) is 0 Å². The molecule has 0 aliphatic rings. The molecule has 2 atom stereocenters. The van der Waals surface area contributed by atoms with Crippen LogP contribution in [0, 0.1) is 5.92 Å². The van der Waals surface area contributed by atoms with Gasteiger partial charge in [0.05, 0.1) is 6.10 Å². The van der Waals surface area contributed by atoms with Crippen LogP contribution in [-0.4, -0.2) is 22.8 Å². The molecule has 0 amide bonds. The maximum Gasteiger partial charge on any atom is 0.138 e. The smallest absolute Gasteiger partial charge is 0.138 e. The van der Waals surface area contributed by atoms with E-state index in [0.717, 1.165) is 57.8 Å². The van der Waals surface area contributed by atoms with Crippen LogP contribution in [0.4, 0.5) is 0 Å². The van der Waals surface area contributed by atoms with Crippen molar-refractivity contribution in [2.45, 2.75) is 162 Å². The van der Waals surface area contributed by atoms with Crippen LogP contribution in [0.5, 0.6) is 0 Å². The number of hydrogen-bond donors (Lipinski definition) is 1. The van der Waals surface area contributed by atoms with Crippen LogP contribution in [0.3, 0.4) is 0 Å². The fourth-order valence-electron chi connectivity index (χ4n) is 4.38. The SMILES string of the molecule is CCCCCCCCCCCCCC(C(=O)CCCCC)C(O)CC(=O)CCCCC. The monoisotopic (exact) mass is 438 g/mol. The molecule has 2 unspecified atom stereocenters. The van der Waals surface area contributed by atoms with Gasteiger partial charge in [-0.2, -0.15) is 0 Å². The summed E-state index contributed by atoms with van der Waals surface area (Å²) in [7, 11) is 0. The maximum absolute atomic E-state index is 12.7. The molecule has 0 rings (SSSR count). The Labute approximate surface area is 194 Å². The minimum absolute atomic E-state index is 0.117. The summed E-state index contributed by atoms with van der Waals surface area (Å²) in [5.74, 6) is -0.0498. The van der Waals surface area contributed by atoms with Crippen molar-refractivity contribution in [1.82, 2.24) is 0 Å². The lowest BCUT2D eigenvalue weighted by molar-refractivity contribution is -0.129. The van der Waals surface area contributed by atoms with E-state index in [1.54, 1.807) is 0 Å². The van der Waals surface area contributed by atoms with Crippen molar-refractivity contribution < 1.29 is 14.7 Å². The van der Waals surface area contributed by atoms with E-state index in [0.29, 0.717) is 12.8 Å². The molecule has 0 saturated carbocycles. The number of aliphatic hydroxyl groups excluding tert-OH is 1. The Balaban J connectivity index is 4.21. The number of Topliss-reactive ketones (excluding diaryl/α,β-unsaturated/α-hetero) is 2. The van der Waals surface area contributed by atoms with Gasteiger partial charge in [-0.1, -0.05) is 117 Å². The molecule has 0 aliphatic carbocycles. The summed E-state index contributed by atoms with van der Waals surface area (Å²) >= 11 is 0. The molecule has 0 aromatic heterocycles. The topological polar surface area (TPSA) is 54.4 Å². The molecular formula is C28H54O3. The normalized spacial score (nSPS) is 13.3. The molecule has 0 radical (unpaired) electrons. The van der Waals surface area contributed by atoms with Crippen LogP contribution in [-0.2, 0) is 9.59 Å². The standard InChI is InChI=1S/C28H54O3/c1-4-7-10-11-12-13-14-15-16-17-20-22-26(27(30)23-19-9-6-3)28(31)24-25(29)21-18-8-5-2/h26,28,31H,4-24H2,1-3H3. The summed E-state index contributed by atoms with van der Waals surface area (Å²) in [5, 5.41) is 10.7. The predicted octanol–water partition coefficient (Wildman–Crippen LogP) is 8.35. The summed E-state index contributed by atoms with van der Waals surface area (Å²) in [6.45, 7) is 6.52. The first kappa shape index (κ1) is 30.3. The third-order valence-corrected chi connectivity index (χ3v) is 6.52. The Morgan fingerprint density at radius 1 is 0.581 bits per heavy atom. The molecule has 1 N–H and O–H groups in total. The Kier molecular flexibility index (Phi) is 22.0. The second kappa shape index (κ2) is 22.5. The molecule has 0 aliphatic heterocycles. The van der Waals surface area contributed by atoms with E-state index in [2.05, 4.69) is 20.8 Å². The van der Waals surface area contributed by atoms with Crippen LogP contribution in [0.1, 0.15) is 156 Å². The third-order valence-electron chi connectivity index (χ3n) is 6.52. The number of ketones is 2. The van der Waals surface area contributed by atoms with Gasteiger partial charge >= 0.3 is 0 Å². The highest BCUT2D eigenvalue weighted by Crippen LogP contribution is 2.22. The summed E-state index contributed by atoms with van der Waals surface area (Å²) in [6, 6.07) is 0. The summed E-state index contributed by atoms with van der Waals surface area (Å²) < 4.78 is 0. The Hall–Kier alpha value is -0.700. The van der Waals surface area contributed by atoms with Crippen molar-refractivity contribution >= 4 is 11.6 Å². The molecule has 31 heavy (non-hydrogen) atoms. The highest BCUT2D eigenvalue weighted by Gasteiger charge is 2.27. The molecule has 0 bridgehead atoms. The summed E-state index contributed by atoms with van der Waals surface area (Å²) in [6.07, 6.45) is 21.4. The van der Waals surface area contributed by atoms with Gasteiger partial charge in [-0.25, -0.2) is 0 Å². The molecule has 0 aromatic carbocycles. The van der Waals surface area contributed by atoms with Gasteiger partial charge in [0.25, 0.3) is 0 Å². The summed E-state index contributed by atoms with van der Waals surface area (Å²) in [5.41, 5.74) is 0. The maximum atomic E-state index is 12.7. The largest absolute Gasteiger partial charge is 0.392 e. The van der Waals surface area contributed by atoms with Gasteiger partial charge in [0.2, 0.25) is 0 Å². The van der Waals surface area contributed by atoms with Crippen molar-refractivity contribution in [2.75, 3.05) is 0 Å². The van der Waals surface area contributed by atoms with Gasteiger partial charge < -0.3 is 5.11 Å². The van der Waals surface area contributed by atoms with Crippen molar-refractivity contribution in [3.63, 3.8) is 0 Å².